The number of hydrogen-bond donors (Lipinski definition) is 1. The Morgan fingerprint density at radius 1 is 1.18 bits per heavy atom. The molecule has 0 radical (unpaired) electrons. The summed E-state index contributed by atoms with van der Waals surface area (Å²) in [7, 11) is 0. The lowest BCUT2D eigenvalue weighted by atomic mass is 9.45. The lowest BCUT2D eigenvalue weighted by Gasteiger charge is -2.58. The molecule has 22 heavy (non-hydrogen) atoms. The second-order valence-electron chi connectivity index (χ2n) is 8.92. The Morgan fingerprint density at radius 3 is 2.59 bits per heavy atom. The number of carboxylic acid groups (broad SMARTS) is 1. The van der Waals surface area contributed by atoms with Crippen LogP contribution >= 0.6 is 0 Å². The van der Waals surface area contributed by atoms with E-state index in [2.05, 4.69) is 20.4 Å². The van der Waals surface area contributed by atoms with Crippen molar-refractivity contribution in [3.63, 3.8) is 0 Å². The molecule has 0 aliphatic heterocycles. The van der Waals surface area contributed by atoms with E-state index < -0.39 is 11.4 Å². The standard InChI is InChI=1S/C20H32O2/c1-13-6-8-16-15(12-14(13)2)7-9-17-19(16,3)10-5-11-20(17,4)18(21)22/h13,15-17H,2,5-12H2,1,3-4H3,(H,21,22)/t13-,15?,16+,17?,19-,20+/m0/s1. The maximum atomic E-state index is 12.0. The summed E-state index contributed by atoms with van der Waals surface area (Å²) < 4.78 is 0. The van der Waals surface area contributed by atoms with Gasteiger partial charge in [0.1, 0.15) is 0 Å². The zero-order valence-electron chi connectivity index (χ0n) is 14.5. The van der Waals surface area contributed by atoms with Gasteiger partial charge in [0.05, 0.1) is 5.41 Å². The lowest BCUT2D eigenvalue weighted by Crippen LogP contribution is -2.54. The van der Waals surface area contributed by atoms with Crippen LogP contribution in [0.15, 0.2) is 12.2 Å². The molecule has 0 aromatic rings. The van der Waals surface area contributed by atoms with E-state index in [-0.39, 0.29) is 5.41 Å². The summed E-state index contributed by atoms with van der Waals surface area (Å²) >= 11 is 0. The molecule has 124 valence electrons. The summed E-state index contributed by atoms with van der Waals surface area (Å²) in [5.41, 5.74) is 1.15. The van der Waals surface area contributed by atoms with Gasteiger partial charge in [-0.25, -0.2) is 0 Å². The second-order valence-corrected chi connectivity index (χ2v) is 8.92. The maximum absolute atomic E-state index is 12.0. The minimum Gasteiger partial charge on any atom is -0.481 e. The van der Waals surface area contributed by atoms with Gasteiger partial charge in [0, 0.05) is 0 Å². The Kier molecular flexibility index (Phi) is 3.94. The van der Waals surface area contributed by atoms with Crippen LogP contribution in [0.5, 0.6) is 0 Å². The summed E-state index contributed by atoms with van der Waals surface area (Å²) in [5, 5.41) is 9.87. The predicted molar refractivity (Wildman–Crippen MR) is 89.6 cm³/mol. The van der Waals surface area contributed by atoms with Gasteiger partial charge in [-0.15, -0.1) is 0 Å². The molecule has 0 bridgehead atoms. The molecule has 6 atom stereocenters. The Bertz CT molecular complexity index is 482. The molecule has 0 heterocycles. The number of carbonyl (C=O) groups is 1. The first kappa shape index (κ1) is 16.1. The van der Waals surface area contributed by atoms with Crippen molar-refractivity contribution in [3.05, 3.63) is 12.2 Å². The average molecular weight is 304 g/mol. The highest BCUT2D eigenvalue weighted by Crippen LogP contribution is 2.63. The van der Waals surface area contributed by atoms with Crippen LogP contribution in [0.1, 0.15) is 72.1 Å². The lowest BCUT2D eigenvalue weighted by molar-refractivity contribution is -0.170. The number of aliphatic carboxylic acids is 1. The fourth-order valence-corrected chi connectivity index (χ4v) is 6.36. The van der Waals surface area contributed by atoms with Gasteiger partial charge in [-0.2, -0.15) is 0 Å². The van der Waals surface area contributed by atoms with Crippen molar-refractivity contribution in [1.82, 2.24) is 0 Å². The number of allylic oxidation sites excluding steroid dienone is 1. The van der Waals surface area contributed by atoms with Gasteiger partial charge >= 0.3 is 5.97 Å². The Hall–Kier alpha value is -0.790. The first-order chi connectivity index (χ1) is 10.3. The molecular weight excluding hydrogens is 272 g/mol. The zero-order chi connectivity index (χ0) is 16.1. The molecular formula is C20H32O2. The quantitative estimate of drug-likeness (QED) is 0.669. The smallest absolute Gasteiger partial charge is 0.309 e. The van der Waals surface area contributed by atoms with Gasteiger partial charge in [0.25, 0.3) is 0 Å². The predicted octanol–water partition coefficient (Wildman–Crippen LogP) is 5.29. The molecule has 0 saturated heterocycles. The van der Waals surface area contributed by atoms with Gasteiger partial charge in [-0.1, -0.05) is 32.4 Å². The Morgan fingerprint density at radius 2 is 1.91 bits per heavy atom. The summed E-state index contributed by atoms with van der Waals surface area (Å²) in [6, 6.07) is 0. The molecule has 0 aromatic heterocycles. The number of fused-ring (bicyclic) bond motifs is 3. The van der Waals surface area contributed by atoms with Crippen LogP contribution in [0.25, 0.3) is 0 Å². The molecule has 3 aliphatic carbocycles. The zero-order valence-corrected chi connectivity index (χ0v) is 14.5. The molecule has 3 fully saturated rings. The van der Waals surface area contributed by atoms with Crippen LogP contribution in [0.3, 0.4) is 0 Å². The Balaban J connectivity index is 1.94. The van der Waals surface area contributed by atoms with Crippen molar-refractivity contribution >= 4 is 5.97 Å². The molecule has 2 heteroatoms. The van der Waals surface area contributed by atoms with E-state index in [1.807, 2.05) is 6.92 Å². The molecule has 2 nitrogen and oxygen atoms in total. The topological polar surface area (TPSA) is 37.3 Å². The van der Waals surface area contributed by atoms with Crippen molar-refractivity contribution in [2.45, 2.75) is 72.1 Å². The van der Waals surface area contributed by atoms with Gasteiger partial charge in [-0.3, -0.25) is 4.79 Å². The van der Waals surface area contributed by atoms with E-state index in [0.29, 0.717) is 17.8 Å². The third-order valence-electron chi connectivity index (χ3n) is 7.84. The minimum absolute atomic E-state index is 0.221. The number of carboxylic acids is 1. The van der Waals surface area contributed by atoms with Gasteiger partial charge in [-0.05, 0) is 81.0 Å². The number of hydrogen-bond acceptors (Lipinski definition) is 1. The third-order valence-corrected chi connectivity index (χ3v) is 7.84. The highest BCUT2D eigenvalue weighted by Gasteiger charge is 2.58. The Labute approximate surface area is 135 Å². The van der Waals surface area contributed by atoms with Crippen molar-refractivity contribution in [2.75, 3.05) is 0 Å². The van der Waals surface area contributed by atoms with Gasteiger partial charge in [0.15, 0.2) is 0 Å². The van der Waals surface area contributed by atoms with Crippen molar-refractivity contribution in [3.8, 4) is 0 Å². The summed E-state index contributed by atoms with van der Waals surface area (Å²) in [6.45, 7) is 11.1. The van der Waals surface area contributed by atoms with E-state index in [0.717, 1.165) is 25.2 Å². The highest BCUT2D eigenvalue weighted by molar-refractivity contribution is 5.75. The van der Waals surface area contributed by atoms with E-state index in [1.165, 1.54) is 37.7 Å². The van der Waals surface area contributed by atoms with Crippen molar-refractivity contribution < 1.29 is 9.90 Å². The van der Waals surface area contributed by atoms with Gasteiger partial charge < -0.3 is 5.11 Å². The molecule has 3 saturated carbocycles. The second kappa shape index (κ2) is 5.39. The molecule has 3 rings (SSSR count). The van der Waals surface area contributed by atoms with E-state index in [1.54, 1.807) is 0 Å². The van der Waals surface area contributed by atoms with E-state index in [9.17, 15) is 9.90 Å². The molecule has 0 aromatic carbocycles. The average Bonchev–Trinajstić information content (AvgIpc) is 2.59. The first-order valence-electron chi connectivity index (χ1n) is 9.20. The SMILES string of the molecule is C=C1CC2CCC3[C@](C)(C(=O)O)CCC[C@@]3(C)[C@@H]2CC[C@@H]1C. The van der Waals surface area contributed by atoms with Crippen molar-refractivity contribution in [1.29, 1.82) is 0 Å². The summed E-state index contributed by atoms with van der Waals surface area (Å²) in [6.07, 6.45) is 9.17. The highest BCUT2D eigenvalue weighted by atomic mass is 16.4. The normalized spacial score (nSPS) is 49.0. The van der Waals surface area contributed by atoms with Crippen LogP contribution in [-0.4, -0.2) is 11.1 Å². The molecule has 1 N–H and O–H groups in total. The van der Waals surface area contributed by atoms with E-state index >= 15 is 0 Å². The van der Waals surface area contributed by atoms with Crippen molar-refractivity contribution in [2.24, 2.45) is 34.5 Å². The molecule has 0 amide bonds. The maximum Gasteiger partial charge on any atom is 0.309 e. The monoisotopic (exact) mass is 304 g/mol. The van der Waals surface area contributed by atoms with Crippen LogP contribution in [0.2, 0.25) is 0 Å². The largest absolute Gasteiger partial charge is 0.481 e. The summed E-state index contributed by atoms with van der Waals surface area (Å²) in [5.74, 6) is 1.88. The van der Waals surface area contributed by atoms with Gasteiger partial charge in [0.2, 0.25) is 0 Å². The van der Waals surface area contributed by atoms with Crippen LogP contribution in [0.4, 0.5) is 0 Å². The molecule has 2 unspecified atom stereocenters. The fourth-order valence-electron chi connectivity index (χ4n) is 6.36. The molecule has 3 aliphatic rings. The fraction of sp³-hybridized carbons (Fsp3) is 0.850. The third kappa shape index (κ3) is 2.25. The minimum atomic E-state index is -0.562. The summed E-state index contributed by atoms with van der Waals surface area (Å²) in [4.78, 5) is 12.0. The first-order valence-corrected chi connectivity index (χ1v) is 9.20. The van der Waals surface area contributed by atoms with E-state index in [4.69, 9.17) is 0 Å². The molecule has 0 spiro atoms. The van der Waals surface area contributed by atoms with Crippen LogP contribution in [-0.2, 0) is 4.79 Å². The van der Waals surface area contributed by atoms with Crippen LogP contribution in [0, 0.1) is 34.5 Å². The van der Waals surface area contributed by atoms with Crippen LogP contribution < -0.4 is 0 Å². The number of rotatable bonds is 1.